The van der Waals surface area contributed by atoms with E-state index in [2.05, 4.69) is 26.3 Å². The molecule has 3 amide bonds. The molecule has 26 nitrogen and oxygen atoms in total. The number of hydrogen-bond donors (Lipinski definition) is 6. The van der Waals surface area contributed by atoms with Gasteiger partial charge in [0.2, 0.25) is 17.9 Å². The first-order valence-electron chi connectivity index (χ1n) is 34.8. The molecule has 5 aromatic carbocycles. The van der Waals surface area contributed by atoms with Gasteiger partial charge in [0.1, 0.15) is 41.4 Å². The number of carboxylic acids is 1. The summed E-state index contributed by atoms with van der Waals surface area (Å²) in [5, 5.41) is 52.7. The van der Waals surface area contributed by atoms with E-state index in [1.165, 1.54) is 52.0 Å². The van der Waals surface area contributed by atoms with Gasteiger partial charge in [0.25, 0.3) is 5.91 Å². The van der Waals surface area contributed by atoms with Gasteiger partial charge >= 0.3 is 35.8 Å². The zero-order valence-corrected chi connectivity index (χ0v) is 58.5. The number of fused-ring (bicyclic) bond motifs is 10. The van der Waals surface area contributed by atoms with E-state index < -0.39 is 168 Å². The van der Waals surface area contributed by atoms with Gasteiger partial charge in [0.05, 0.1) is 48.3 Å². The van der Waals surface area contributed by atoms with Gasteiger partial charge in [-0.2, -0.15) is 0 Å². The third-order valence-corrected chi connectivity index (χ3v) is 21.1. The van der Waals surface area contributed by atoms with E-state index >= 15 is 9.59 Å². The van der Waals surface area contributed by atoms with Crippen LogP contribution in [0.25, 0.3) is 22.5 Å². The van der Waals surface area contributed by atoms with Crippen molar-refractivity contribution < 1.29 is 96.5 Å². The molecule has 1 aliphatic heterocycles. The predicted molar refractivity (Wildman–Crippen MR) is 370 cm³/mol. The summed E-state index contributed by atoms with van der Waals surface area (Å²) in [5.74, 6) is -11.8. The molecule has 546 valence electrons. The van der Waals surface area contributed by atoms with Crippen molar-refractivity contribution >= 4 is 65.1 Å². The number of aliphatic carboxylic acids is 1. The first-order chi connectivity index (χ1) is 49.7. The highest BCUT2D eigenvalue weighted by atomic mass is 16.6. The number of benzene rings is 5. The molecule has 2 heterocycles. The number of nitrogens with one attached hydrogen (secondary N) is 3. The molecule has 6 aromatic rings. The molecule has 11 rings (SSSR count). The van der Waals surface area contributed by atoms with Crippen LogP contribution in [0.2, 0.25) is 0 Å². The van der Waals surface area contributed by atoms with E-state index in [4.69, 9.17) is 33.5 Å². The summed E-state index contributed by atoms with van der Waals surface area (Å²) in [5.41, 5.74) is -3.61. The van der Waals surface area contributed by atoms with Crippen molar-refractivity contribution in [1.82, 2.24) is 30.9 Å². The number of aliphatic hydroxyl groups excluding tert-OH is 1. The van der Waals surface area contributed by atoms with Crippen molar-refractivity contribution in [2.75, 3.05) is 19.7 Å². The maximum Gasteiger partial charge on any atom is 0.350 e. The molecule has 5 aliphatic rings. The number of ketones is 2. The number of aryl methyl sites for hydroxylation is 1. The first-order valence-corrected chi connectivity index (χ1v) is 34.8. The number of Topliss-reactive ketones (excluding diaryl/α,β-unsaturated/α-hetero) is 2. The van der Waals surface area contributed by atoms with Gasteiger partial charge in [-0.1, -0.05) is 141 Å². The Balaban J connectivity index is 0.829. The van der Waals surface area contributed by atoms with Crippen molar-refractivity contribution in [3.8, 4) is 22.5 Å². The van der Waals surface area contributed by atoms with Crippen LogP contribution in [0, 0.1) is 16.7 Å². The second kappa shape index (κ2) is 31.2. The average molecular weight is 1430 g/mol. The van der Waals surface area contributed by atoms with Crippen LogP contribution in [0.4, 0.5) is 0 Å². The lowest BCUT2D eigenvalue weighted by Gasteiger charge is -2.67. The number of carbonyl (C=O) groups excluding carboxylic acids is 10. The Morgan fingerprint density at radius 1 is 0.721 bits per heavy atom. The van der Waals surface area contributed by atoms with Crippen LogP contribution in [0.1, 0.15) is 149 Å². The van der Waals surface area contributed by atoms with Gasteiger partial charge in [-0.25, -0.2) is 14.3 Å². The molecule has 0 spiro atoms. The zero-order valence-electron chi connectivity index (χ0n) is 58.5. The maximum atomic E-state index is 16.0. The summed E-state index contributed by atoms with van der Waals surface area (Å²) < 4.78 is 38.9. The van der Waals surface area contributed by atoms with E-state index in [-0.39, 0.29) is 59.4 Å². The van der Waals surface area contributed by atoms with Crippen LogP contribution in [-0.2, 0) is 84.5 Å². The maximum absolute atomic E-state index is 16.0. The summed E-state index contributed by atoms with van der Waals surface area (Å²) in [7, 11) is 0. The van der Waals surface area contributed by atoms with Gasteiger partial charge in [-0.3, -0.25) is 43.2 Å². The molecule has 12 atom stereocenters. The third kappa shape index (κ3) is 15.0. The Bertz CT molecular complexity index is 4330. The van der Waals surface area contributed by atoms with Crippen molar-refractivity contribution in [3.05, 3.63) is 178 Å². The molecule has 1 aromatic heterocycles. The lowest BCUT2D eigenvalue weighted by atomic mass is 9.44. The van der Waals surface area contributed by atoms with Crippen molar-refractivity contribution in [3.63, 3.8) is 0 Å². The summed E-state index contributed by atoms with van der Waals surface area (Å²) in [6.07, 6.45) is -10.7. The average Bonchev–Trinajstić information content (AvgIpc) is 0.724. The van der Waals surface area contributed by atoms with Crippen LogP contribution in [0.5, 0.6) is 0 Å². The van der Waals surface area contributed by atoms with E-state index in [1.807, 2.05) is 53.2 Å². The van der Waals surface area contributed by atoms with E-state index in [0.29, 0.717) is 37.9 Å². The number of rotatable bonds is 26. The van der Waals surface area contributed by atoms with Crippen molar-refractivity contribution in [2.45, 2.75) is 172 Å². The van der Waals surface area contributed by atoms with Gasteiger partial charge in [0, 0.05) is 87.1 Å². The molecule has 1 saturated heterocycles. The predicted octanol–water partition coefficient (Wildman–Crippen LogP) is 7.17. The molecular formula is C78H84N6O20. The molecule has 104 heavy (non-hydrogen) atoms. The molecular weight excluding hydrogens is 1340 g/mol. The smallest absolute Gasteiger partial charge is 0.350 e. The number of aromatic nitrogens is 3. The lowest BCUT2D eigenvalue weighted by molar-refractivity contribution is -0.346. The van der Waals surface area contributed by atoms with Crippen molar-refractivity contribution in [2.24, 2.45) is 16.7 Å². The number of aliphatic hydroxyl groups is 2. The van der Waals surface area contributed by atoms with Gasteiger partial charge < -0.3 is 59.7 Å². The SMILES string of the molecule is CC(=O)O[C@H]1C(=O)[C@@]2(C)[C@H]([C@H](OC(=O)c3ccccc3)[C@]3(O)C[C@H](OC(=O)[C@H](OC(=O)CCC(=O)NCC(=O)NCCC(=O)C4Cc5ccccc5-c5c(nnn5CCCCCC(=O)O)-c5ccccc54)C(NC(=O)c4ccccc4)c4ccccc4)C(C)=C1C3(C)C)[C@]1(OC(C)=O)CO[C@@H]1C[C@@H]2O. The molecule has 6 N–H and O–H groups in total. The second-order valence-corrected chi connectivity index (χ2v) is 27.9. The van der Waals surface area contributed by atoms with E-state index in [1.54, 1.807) is 66.7 Å². The van der Waals surface area contributed by atoms with Crippen LogP contribution < -0.4 is 16.0 Å². The van der Waals surface area contributed by atoms with Gasteiger partial charge in [-0.15, -0.1) is 5.10 Å². The molecule has 4 aliphatic carbocycles. The molecule has 3 fully saturated rings. The molecule has 2 saturated carbocycles. The number of ether oxygens (including phenoxy) is 6. The van der Waals surface area contributed by atoms with Crippen LogP contribution in [-0.4, -0.2) is 163 Å². The topological polar surface area (TPSA) is 371 Å². The molecule has 26 heteroatoms. The van der Waals surface area contributed by atoms with E-state index in [9.17, 15) is 53.4 Å². The molecule has 2 bridgehead atoms. The highest BCUT2D eigenvalue weighted by Gasteiger charge is 2.78. The Kier molecular flexibility index (Phi) is 22.4. The third-order valence-electron chi connectivity index (χ3n) is 21.1. The number of amides is 3. The minimum atomic E-state index is -2.57. The monoisotopic (exact) mass is 1420 g/mol. The van der Waals surface area contributed by atoms with Crippen LogP contribution in [0.3, 0.4) is 0 Å². The first kappa shape index (κ1) is 74.6. The Labute approximate surface area is 599 Å². The standard InChI is InChI=1S/C78H84N6O20/c1-44-56(41-78(98)71(103-73(96)49-27-15-9-16-28-49)69-76(6,57(88)40-58-77(69,43-99-58)104-46(3)86)70(94)67(100-45(2)85)63(44)75(78,4)5)101-74(97)68(64(47-23-11-7-12-24-47)81-72(95)48-25-13-8-14-26-48)102-62(93)35-34-59(89)80-42-60(90)79-37-36-55(87)54-39-50-29-18-19-30-51(50)66-65(53-32-21-20-31-52(53)54)82-83-84(66)38-22-10-17-33-61(91)92/h7-9,11-16,18-21,23-32,54,56-58,64,67-69,71,88,98H,10,17,22,33-43H2,1-6H3,(H,79,90)(H,80,89)(H,81,95)(H,91,92)/t54?,56-,57-,58+,64?,67+,68+,69-,71-,76+,77-,78+/m0/s1. The van der Waals surface area contributed by atoms with Crippen molar-refractivity contribution in [1.29, 1.82) is 0 Å². The number of unbranched alkanes of at least 4 members (excludes halogenated alkanes) is 2. The highest BCUT2D eigenvalue weighted by Crippen LogP contribution is 2.65. The van der Waals surface area contributed by atoms with Gasteiger partial charge in [0.15, 0.2) is 17.5 Å². The number of carboxylic acid groups (broad SMARTS) is 1. The Hall–Kier alpha value is -10.6. The fourth-order valence-electron chi connectivity index (χ4n) is 15.7. The Morgan fingerprint density at radius 2 is 1.38 bits per heavy atom. The largest absolute Gasteiger partial charge is 0.481 e. The van der Waals surface area contributed by atoms with Gasteiger partial charge in [-0.05, 0) is 85.2 Å². The van der Waals surface area contributed by atoms with Crippen LogP contribution >= 0.6 is 0 Å². The summed E-state index contributed by atoms with van der Waals surface area (Å²) >= 11 is 0. The normalized spacial score (nSPS) is 24.6. The van der Waals surface area contributed by atoms with E-state index in [0.717, 1.165) is 41.8 Å². The Morgan fingerprint density at radius 3 is 2.04 bits per heavy atom. The molecule has 2 unspecified atom stereocenters. The number of nitrogens with zero attached hydrogens (tertiary/aromatic N) is 3. The minimum absolute atomic E-state index is 0.00387. The lowest BCUT2D eigenvalue weighted by Crippen LogP contribution is -2.82. The number of carbonyl (C=O) groups is 11. The zero-order chi connectivity index (χ0) is 74.4. The summed E-state index contributed by atoms with van der Waals surface area (Å²) in [6.45, 7) is 7.45. The second-order valence-electron chi connectivity index (χ2n) is 27.9. The summed E-state index contributed by atoms with van der Waals surface area (Å²) in [6, 6.07) is 37.1. The fourth-order valence-corrected chi connectivity index (χ4v) is 15.7. The highest BCUT2D eigenvalue weighted by molar-refractivity contribution is 5.97. The number of esters is 5. The quantitative estimate of drug-likeness (QED) is 0.0136. The summed E-state index contributed by atoms with van der Waals surface area (Å²) in [4.78, 5) is 154. The molecule has 0 radical (unpaired) electrons. The fraction of sp³-hybridized carbons (Fsp3) is 0.423. The number of hydrogen-bond acceptors (Lipinski definition) is 21. The minimum Gasteiger partial charge on any atom is -0.481 e. The van der Waals surface area contributed by atoms with Crippen LogP contribution in [0.15, 0.2) is 151 Å².